The third kappa shape index (κ3) is 10.7. The Morgan fingerprint density at radius 2 is 1.37 bits per heavy atom. The van der Waals surface area contributed by atoms with Crippen LogP contribution < -0.4 is 0 Å². The van der Waals surface area contributed by atoms with Crippen molar-refractivity contribution in [2.24, 2.45) is 0 Å². The fraction of sp³-hybridized carbons (Fsp3) is 0.200. The van der Waals surface area contributed by atoms with Gasteiger partial charge >= 0.3 is 33.9 Å². The van der Waals surface area contributed by atoms with Gasteiger partial charge in [-0.3, -0.25) is 4.79 Å². The number of ketones is 1. The molecule has 0 spiro atoms. The van der Waals surface area contributed by atoms with Crippen molar-refractivity contribution in [3.8, 4) is 0 Å². The van der Waals surface area contributed by atoms with Crippen LogP contribution in [0.4, 0.5) is 0 Å². The zero-order valence-electron chi connectivity index (χ0n) is 14.7. The molecular formula is C20H18CrO5S. The molecule has 0 saturated carbocycles. The summed E-state index contributed by atoms with van der Waals surface area (Å²) < 4.78 is 35.1. The molecule has 0 aliphatic carbocycles. The number of hydrogen-bond acceptors (Lipinski definition) is 2. The average Bonchev–Trinajstić information content (AvgIpc) is 2.76. The van der Waals surface area contributed by atoms with Gasteiger partial charge in [-0.05, 0) is 24.6 Å². The SMILES string of the molecule is CCCCC(=O)c1ccccc1S(=O)c1ccccc1.[C-]#[O+].[C-]#[O+].[C-]#[O+].[Cr]. The van der Waals surface area contributed by atoms with Gasteiger partial charge in [-0.25, -0.2) is 4.21 Å². The topological polar surface area (TPSA) is 93.8 Å². The maximum atomic E-state index is 12.6. The van der Waals surface area contributed by atoms with Crippen molar-refractivity contribution < 1.29 is 40.3 Å². The van der Waals surface area contributed by atoms with Gasteiger partial charge in [-0.1, -0.05) is 49.7 Å². The predicted octanol–water partition coefficient (Wildman–Crippen LogP) is 4.11. The third-order valence-electron chi connectivity index (χ3n) is 3.10. The summed E-state index contributed by atoms with van der Waals surface area (Å²) in [7, 11) is -1.31. The van der Waals surface area contributed by atoms with Crippen LogP contribution in [0.15, 0.2) is 64.4 Å². The molecule has 0 amide bonds. The van der Waals surface area contributed by atoms with Crippen LogP contribution in [0.2, 0.25) is 0 Å². The Hall–Kier alpha value is -1.99. The molecule has 2 aromatic carbocycles. The standard InChI is InChI=1S/C17H18O2S.3CO.Cr/c1-2-3-12-16(18)15-11-7-8-13-17(15)20(19)14-9-5-4-6-10-14;3*1-2;/h4-11,13H,2-3,12H2,1H3;;;;. The van der Waals surface area contributed by atoms with E-state index in [1.807, 2.05) is 42.5 Å². The normalized spacial score (nSPS) is 9.15. The Kier molecular flexibility index (Phi) is 22.4. The Balaban J connectivity index is -0.000000749. The quantitative estimate of drug-likeness (QED) is 0.398. The van der Waals surface area contributed by atoms with Crippen molar-refractivity contribution in [2.45, 2.75) is 36.0 Å². The summed E-state index contributed by atoms with van der Waals surface area (Å²) in [5.41, 5.74) is 0.586. The van der Waals surface area contributed by atoms with Crippen LogP contribution in [0.5, 0.6) is 0 Å². The second kappa shape index (κ2) is 20.3. The Bertz CT molecular complexity index is 725. The van der Waals surface area contributed by atoms with Crippen molar-refractivity contribution in [2.75, 3.05) is 0 Å². The van der Waals surface area contributed by atoms with Gasteiger partial charge in [0.15, 0.2) is 5.78 Å². The summed E-state index contributed by atoms with van der Waals surface area (Å²) in [6.45, 7) is 15.6. The Morgan fingerprint density at radius 1 is 0.889 bits per heavy atom. The molecule has 140 valence electrons. The molecule has 1 atom stereocenters. The number of rotatable bonds is 6. The molecule has 5 nitrogen and oxygen atoms in total. The summed E-state index contributed by atoms with van der Waals surface area (Å²) in [6, 6.07) is 16.4. The smallest absolute Gasteiger partial charge is 0 e. The van der Waals surface area contributed by atoms with E-state index in [1.165, 1.54) is 0 Å². The van der Waals surface area contributed by atoms with Crippen molar-refractivity contribution in [3.63, 3.8) is 0 Å². The molecule has 0 fully saturated rings. The molecule has 27 heavy (non-hydrogen) atoms. The van der Waals surface area contributed by atoms with Gasteiger partial charge in [-0.15, -0.1) is 0 Å². The van der Waals surface area contributed by atoms with Crippen LogP contribution in [-0.4, -0.2) is 9.99 Å². The van der Waals surface area contributed by atoms with Gasteiger partial charge in [-0.2, -0.15) is 0 Å². The van der Waals surface area contributed by atoms with Gasteiger partial charge in [0.2, 0.25) is 0 Å². The summed E-state index contributed by atoms with van der Waals surface area (Å²) in [4.78, 5) is 13.6. The van der Waals surface area contributed by atoms with Crippen molar-refractivity contribution in [1.29, 1.82) is 0 Å². The first-order valence-electron chi connectivity index (χ1n) is 7.44. The van der Waals surface area contributed by atoms with Crippen molar-refractivity contribution >= 4 is 16.6 Å². The first-order chi connectivity index (χ1) is 12.7. The first-order valence-corrected chi connectivity index (χ1v) is 8.59. The summed E-state index contributed by atoms with van der Waals surface area (Å²) in [6.07, 6.45) is 2.36. The Labute approximate surface area is 172 Å². The van der Waals surface area contributed by atoms with E-state index in [9.17, 15) is 9.00 Å². The molecule has 7 heteroatoms. The minimum atomic E-state index is -1.31. The summed E-state index contributed by atoms with van der Waals surface area (Å²) in [5, 5.41) is 0. The second-order valence-corrected chi connectivity index (χ2v) is 6.05. The molecule has 0 aliphatic heterocycles. The van der Waals surface area contributed by atoms with Crippen LogP contribution >= 0.6 is 0 Å². The van der Waals surface area contributed by atoms with Crippen molar-refractivity contribution in [3.05, 3.63) is 80.1 Å². The van der Waals surface area contributed by atoms with Crippen LogP contribution in [-0.2, 0) is 42.1 Å². The van der Waals surface area contributed by atoms with E-state index in [1.54, 1.807) is 12.1 Å². The molecule has 0 saturated heterocycles. The summed E-state index contributed by atoms with van der Waals surface area (Å²) >= 11 is 0. The zero-order chi connectivity index (χ0) is 20.4. The molecule has 0 bridgehead atoms. The van der Waals surface area contributed by atoms with E-state index >= 15 is 0 Å². The number of carbonyl (C=O) groups is 1. The number of carbonyl (C=O) groups excluding carboxylic acids is 1. The fourth-order valence-electron chi connectivity index (χ4n) is 2.00. The van der Waals surface area contributed by atoms with Gasteiger partial charge in [0.05, 0.1) is 15.7 Å². The predicted molar refractivity (Wildman–Crippen MR) is 93.2 cm³/mol. The maximum absolute atomic E-state index is 12.6. The zero-order valence-corrected chi connectivity index (χ0v) is 16.8. The van der Waals surface area contributed by atoms with Gasteiger partial charge < -0.3 is 0 Å². The number of hydrogen-bond donors (Lipinski definition) is 0. The molecule has 2 rings (SSSR count). The van der Waals surface area contributed by atoms with E-state index in [0.717, 1.165) is 17.7 Å². The van der Waals surface area contributed by atoms with E-state index in [0.29, 0.717) is 16.9 Å². The van der Waals surface area contributed by atoms with Gasteiger partial charge in [0.25, 0.3) is 0 Å². The Morgan fingerprint density at radius 3 is 1.89 bits per heavy atom. The molecular weight excluding hydrogens is 404 g/mol. The molecule has 1 unspecified atom stereocenters. The minimum Gasteiger partial charge on any atom is 0 e. The third-order valence-corrected chi connectivity index (χ3v) is 4.56. The molecule has 0 radical (unpaired) electrons. The number of Topliss-reactive ketones (excluding diaryl/α,β-unsaturated/α-hetero) is 1. The average molecular weight is 422 g/mol. The molecule has 0 heterocycles. The fourth-order valence-corrected chi connectivity index (χ4v) is 3.24. The first kappa shape index (κ1) is 29.8. The second-order valence-electron chi connectivity index (χ2n) is 4.60. The van der Waals surface area contributed by atoms with E-state index in [-0.39, 0.29) is 23.1 Å². The van der Waals surface area contributed by atoms with Gasteiger partial charge in [0, 0.05) is 34.2 Å². The van der Waals surface area contributed by atoms with E-state index in [4.69, 9.17) is 14.0 Å². The van der Waals surface area contributed by atoms with Crippen LogP contribution in [0.1, 0.15) is 36.5 Å². The van der Waals surface area contributed by atoms with E-state index < -0.39 is 10.8 Å². The molecule has 0 aromatic heterocycles. The number of benzene rings is 2. The number of unbranched alkanes of at least 4 members (excludes halogenated alkanes) is 1. The largest absolute Gasteiger partial charge is 0 e. The maximum Gasteiger partial charge on any atom is 0 e. The molecule has 0 N–H and O–H groups in total. The van der Waals surface area contributed by atoms with Crippen LogP contribution in [0.3, 0.4) is 0 Å². The molecule has 0 aliphatic rings. The van der Waals surface area contributed by atoms with Crippen LogP contribution in [0.25, 0.3) is 0 Å². The monoisotopic (exact) mass is 422 g/mol. The van der Waals surface area contributed by atoms with Crippen molar-refractivity contribution in [1.82, 2.24) is 0 Å². The van der Waals surface area contributed by atoms with Gasteiger partial charge in [0.1, 0.15) is 0 Å². The minimum absolute atomic E-state index is 0. The van der Waals surface area contributed by atoms with Crippen LogP contribution in [0, 0.1) is 20.0 Å². The van der Waals surface area contributed by atoms with E-state index in [2.05, 4.69) is 26.9 Å². The molecule has 2 aromatic rings. The summed E-state index contributed by atoms with van der Waals surface area (Å²) in [5.74, 6) is 0.0757.